The second kappa shape index (κ2) is 29.5. The zero-order valence-corrected chi connectivity index (χ0v) is 27.7. The van der Waals surface area contributed by atoms with E-state index in [1.165, 1.54) is 173 Å². The molecule has 212 valence electrons. The number of rotatable bonds is 30. The second-order valence-electron chi connectivity index (χ2n) is 11.7. The summed E-state index contributed by atoms with van der Waals surface area (Å²) in [7, 11) is 0. The van der Waals surface area contributed by atoms with Gasteiger partial charge in [-0.25, -0.2) is 0 Å². The Morgan fingerprint density at radius 3 is 0.657 bits per heavy atom. The molecule has 0 saturated carbocycles. The Kier molecular flexibility index (Phi) is 30.3. The molecule has 0 aromatic rings. The maximum absolute atomic E-state index is 3.88. The first-order valence-electron chi connectivity index (χ1n) is 16.8. The predicted molar refractivity (Wildman–Crippen MR) is 169 cm³/mol. The summed E-state index contributed by atoms with van der Waals surface area (Å²) < 4.78 is 0. The molecule has 0 atom stereocenters. The van der Waals surface area contributed by atoms with Crippen LogP contribution in [-0.4, -0.2) is 33.6 Å². The van der Waals surface area contributed by atoms with Crippen LogP contribution in [0.25, 0.3) is 0 Å². The molecule has 0 aromatic carbocycles. The van der Waals surface area contributed by atoms with Crippen molar-refractivity contribution in [3.63, 3.8) is 0 Å². The molecule has 0 aliphatic rings. The fourth-order valence-electron chi connectivity index (χ4n) is 5.47. The normalized spacial score (nSPS) is 12.0. The van der Waals surface area contributed by atoms with Crippen molar-refractivity contribution in [2.24, 2.45) is 0 Å². The molecule has 0 aromatic heterocycles. The predicted octanol–water partition coefficient (Wildman–Crippen LogP) is 12.7. The summed E-state index contributed by atoms with van der Waals surface area (Å²) in [6, 6.07) is 0. The van der Waals surface area contributed by atoms with Gasteiger partial charge in [-0.2, -0.15) is 0 Å². The van der Waals surface area contributed by atoms with Crippen molar-refractivity contribution in [3.05, 3.63) is 0 Å². The summed E-state index contributed by atoms with van der Waals surface area (Å²) >= 11 is 3.88. The monoisotopic (exact) mass is 576 g/mol. The van der Waals surface area contributed by atoms with Gasteiger partial charge in [0, 0.05) is 0 Å². The van der Waals surface area contributed by atoms with Gasteiger partial charge in [0.2, 0.25) is 0 Å². The van der Waals surface area contributed by atoms with Crippen molar-refractivity contribution in [1.82, 2.24) is 0 Å². The average molecular weight is 576 g/mol. The molecule has 0 unspecified atom stereocenters. The van der Waals surface area contributed by atoms with Gasteiger partial charge in [0.25, 0.3) is 0 Å². The van der Waals surface area contributed by atoms with Crippen LogP contribution in [0.15, 0.2) is 0 Å². The summed E-state index contributed by atoms with van der Waals surface area (Å²) in [5, 5.41) is 0. The first-order valence-corrected chi connectivity index (χ1v) is 21.3. The zero-order chi connectivity index (χ0) is 25.7. The summed E-state index contributed by atoms with van der Waals surface area (Å²) in [6.07, 6.45) is 44.3. The first-order chi connectivity index (χ1) is 17.2. The second-order valence-corrected chi connectivity index (χ2v) is 20.0. The molecule has 0 bridgehead atoms. The molecule has 0 saturated heterocycles. The molecule has 0 aliphatic carbocycles. The van der Waals surface area contributed by atoms with Gasteiger partial charge in [-0.3, -0.25) is 0 Å². The average Bonchev–Trinajstić information content (AvgIpc) is 2.86. The van der Waals surface area contributed by atoms with Crippen molar-refractivity contribution in [2.45, 2.75) is 194 Å². The van der Waals surface area contributed by atoms with Gasteiger partial charge in [0.05, 0.1) is 0 Å². The molecule has 35 heavy (non-hydrogen) atoms. The van der Waals surface area contributed by atoms with Crippen molar-refractivity contribution >= 4 is 20.6 Å². The molecule has 0 aliphatic heterocycles. The van der Waals surface area contributed by atoms with E-state index in [0.717, 1.165) is 0 Å². The Morgan fingerprint density at radius 1 is 0.286 bits per heavy atom. The molecule has 0 heterocycles. The van der Waals surface area contributed by atoms with Gasteiger partial charge in [0.15, 0.2) is 0 Å². The molecule has 0 amide bonds. The van der Waals surface area contributed by atoms with E-state index in [9.17, 15) is 0 Å². The van der Waals surface area contributed by atoms with Crippen molar-refractivity contribution < 1.29 is 0 Å². The van der Waals surface area contributed by atoms with Gasteiger partial charge in [0.1, 0.15) is 0 Å². The van der Waals surface area contributed by atoms with Gasteiger partial charge in [-0.05, 0) is 0 Å². The van der Waals surface area contributed by atoms with Crippen LogP contribution in [-0.2, 0) is 0 Å². The van der Waals surface area contributed by atoms with Crippen LogP contribution in [0.1, 0.15) is 194 Å². The Bertz CT molecular complexity index is 371. The Morgan fingerprint density at radius 2 is 0.457 bits per heavy atom. The van der Waals surface area contributed by atoms with Crippen LogP contribution in [0.3, 0.4) is 0 Å². The number of hydrogen-bond donors (Lipinski definition) is 0. The molecule has 0 fully saturated rings. The van der Waals surface area contributed by atoms with Gasteiger partial charge in [-0.1, -0.05) is 0 Å². The third-order valence-electron chi connectivity index (χ3n) is 8.01. The topological polar surface area (TPSA) is 0 Å². The Balaban J connectivity index is 4.06. The number of unbranched alkanes of at least 4 members (excludes halogenated alkanes) is 24. The fourth-order valence-corrected chi connectivity index (χ4v) is 11.0. The summed E-state index contributed by atoms with van der Waals surface area (Å²) in [4.78, 5) is 0. The molecule has 0 radical (unpaired) electrons. The van der Waals surface area contributed by atoms with E-state index in [2.05, 4.69) is 35.9 Å². The van der Waals surface area contributed by atoms with E-state index in [1.807, 2.05) is 0 Å². The van der Waals surface area contributed by atoms with Crippen LogP contribution in [0.5, 0.6) is 0 Å². The summed E-state index contributed by atoms with van der Waals surface area (Å²) in [5.74, 6) is 0. The Hall–Kier alpha value is 0.949. The van der Waals surface area contributed by atoms with Gasteiger partial charge in [-0.15, -0.1) is 0 Å². The van der Waals surface area contributed by atoms with Crippen LogP contribution in [0, 0.1) is 0 Å². The van der Waals surface area contributed by atoms with Crippen LogP contribution >= 0.6 is 5.51 Å². The quantitative estimate of drug-likeness (QED) is 0.0454. The summed E-state index contributed by atoms with van der Waals surface area (Å²) in [6.45, 7) is 6.96. The minimum atomic E-state index is -0.806. The van der Waals surface area contributed by atoms with Crippen LogP contribution < -0.4 is 0 Å². The van der Waals surface area contributed by atoms with E-state index < -0.39 is 5.51 Å². The van der Waals surface area contributed by atoms with E-state index in [0.29, 0.717) is 0 Å². The van der Waals surface area contributed by atoms with Crippen LogP contribution in [0.4, 0.5) is 0 Å². The Labute approximate surface area is 232 Å². The SMILES string of the molecule is CCCCCCCCCCCP(=[Se])(CCCCCCCCCCC)CCCCCCCCCCC. The molecule has 0 nitrogen and oxygen atoms in total. The maximum atomic E-state index is 3.88. The van der Waals surface area contributed by atoms with Gasteiger partial charge < -0.3 is 0 Å². The van der Waals surface area contributed by atoms with E-state index in [4.69, 9.17) is 0 Å². The molecular weight excluding hydrogens is 506 g/mol. The van der Waals surface area contributed by atoms with Crippen LogP contribution in [0.2, 0.25) is 0 Å². The van der Waals surface area contributed by atoms with E-state index >= 15 is 0 Å². The molecular formula is C33H69PSe. The fraction of sp³-hybridized carbons (Fsp3) is 1.00. The molecule has 2 heteroatoms. The summed E-state index contributed by atoms with van der Waals surface area (Å²) in [5.41, 5.74) is -0.806. The third-order valence-corrected chi connectivity index (χ3v) is 14.8. The molecule has 0 N–H and O–H groups in total. The van der Waals surface area contributed by atoms with E-state index in [-0.39, 0.29) is 0 Å². The van der Waals surface area contributed by atoms with Gasteiger partial charge >= 0.3 is 233 Å². The zero-order valence-electron chi connectivity index (χ0n) is 25.1. The van der Waals surface area contributed by atoms with Crippen molar-refractivity contribution in [1.29, 1.82) is 0 Å². The van der Waals surface area contributed by atoms with Crippen molar-refractivity contribution in [3.8, 4) is 0 Å². The van der Waals surface area contributed by atoms with E-state index in [1.54, 1.807) is 18.5 Å². The number of hydrogen-bond acceptors (Lipinski definition) is 0. The standard InChI is InChI=1S/C33H69PSe/c1-4-7-10-13-16-19-22-25-28-31-34(35,32-29-26-23-20-17-14-11-8-5-2)33-30-27-24-21-18-15-12-9-6-3/h4-33H2,1-3H3. The molecule has 0 spiro atoms. The third kappa shape index (κ3) is 27.8. The molecule has 0 rings (SSSR count). The minimum absolute atomic E-state index is 0.806. The first kappa shape index (κ1) is 35.9. The van der Waals surface area contributed by atoms with Crippen molar-refractivity contribution in [2.75, 3.05) is 18.5 Å².